The van der Waals surface area contributed by atoms with E-state index in [1.807, 2.05) is 4.90 Å². The fourth-order valence-corrected chi connectivity index (χ4v) is 5.95. The van der Waals surface area contributed by atoms with Crippen molar-refractivity contribution in [1.82, 2.24) is 19.2 Å². The van der Waals surface area contributed by atoms with Gasteiger partial charge in [-0.2, -0.15) is 4.31 Å². The maximum absolute atomic E-state index is 13.1. The van der Waals surface area contributed by atoms with E-state index in [1.54, 1.807) is 6.92 Å². The van der Waals surface area contributed by atoms with Gasteiger partial charge in [0, 0.05) is 24.6 Å². The molecule has 4 rings (SSSR count). The molecule has 0 bridgehead atoms. The van der Waals surface area contributed by atoms with Crippen LogP contribution >= 0.6 is 0 Å². The number of fused-ring (bicyclic) bond motifs is 1. The van der Waals surface area contributed by atoms with Gasteiger partial charge in [0.15, 0.2) is 0 Å². The molecule has 8 nitrogen and oxygen atoms in total. The second kappa shape index (κ2) is 8.18. The highest BCUT2D eigenvalue weighted by Gasteiger charge is 2.36. The molecule has 1 atom stereocenters. The number of carbonyl (C=O) groups is 1. The van der Waals surface area contributed by atoms with Crippen LogP contribution in [0, 0.1) is 5.92 Å². The van der Waals surface area contributed by atoms with Crippen LogP contribution in [0.4, 0.5) is 0 Å². The van der Waals surface area contributed by atoms with Crippen molar-refractivity contribution in [2.24, 2.45) is 5.92 Å². The lowest BCUT2D eigenvalue weighted by molar-refractivity contribution is -0.139. The topological polar surface area (TPSA) is 103 Å². The van der Waals surface area contributed by atoms with Crippen LogP contribution in [0.25, 0.3) is 0 Å². The Labute approximate surface area is 171 Å². The number of rotatable bonds is 4. The number of aromatic amines is 1. The summed E-state index contributed by atoms with van der Waals surface area (Å²) in [6, 6.07) is -0.229. The third-order valence-corrected chi connectivity index (χ3v) is 8.45. The number of carbonyl (C=O) groups excluding carboxylic acids is 1. The molecule has 3 heterocycles. The molecule has 0 unspecified atom stereocenters. The number of sulfonamides is 1. The van der Waals surface area contributed by atoms with Gasteiger partial charge in [-0.1, -0.05) is 12.8 Å². The van der Waals surface area contributed by atoms with Crippen LogP contribution in [0.3, 0.4) is 0 Å². The summed E-state index contributed by atoms with van der Waals surface area (Å²) in [4.78, 5) is 35.3. The summed E-state index contributed by atoms with van der Waals surface area (Å²) in [6.45, 7) is 2.75. The van der Waals surface area contributed by atoms with Gasteiger partial charge in [0.1, 0.15) is 5.82 Å². The Kier molecular flexibility index (Phi) is 5.79. The first kappa shape index (κ1) is 20.5. The summed E-state index contributed by atoms with van der Waals surface area (Å²) < 4.78 is 26.0. The van der Waals surface area contributed by atoms with Gasteiger partial charge in [0.05, 0.1) is 24.0 Å². The summed E-state index contributed by atoms with van der Waals surface area (Å²) in [5, 5.41) is 0. The Morgan fingerprint density at radius 2 is 1.86 bits per heavy atom. The van der Waals surface area contributed by atoms with Crippen molar-refractivity contribution in [3.8, 4) is 0 Å². The molecule has 1 saturated carbocycles. The molecule has 1 N–H and O–H groups in total. The lowest BCUT2D eigenvalue weighted by Crippen LogP contribution is -2.44. The van der Waals surface area contributed by atoms with Crippen LogP contribution in [0.15, 0.2) is 4.79 Å². The van der Waals surface area contributed by atoms with E-state index in [1.165, 1.54) is 4.31 Å². The second-order valence-corrected chi connectivity index (χ2v) is 10.6. The molecular formula is C20H30N4O4S. The maximum atomic E-state index is 13.1. The van der Waals surface area contributed by atoms with Gasteiger partial charge in [0.25, 0.3) is 5.56 Å². The third-order valence-electron chi connectivity index (χ3n) is 6.62. The van der Waals surface area contributed by atoms with E-state index in [9.17, 15) is 18.0 Å². The first-order valence-corrected chi connectivity index (χ1v) is 12.4. The number of aromatic nitrogens is 2. The Bertz CT molecular complexity index is 936. The largest absolute Gasteiger partial charge is 0.332 e. The number of hydrogen-bond acceptors (Lipinski definition) is 5. The zero-order valence-electron chi connectivity index (χ0n) is 17.0. The maximum Gasteiger partial charge on any atom is 0.254 e. The molecule has 3 aliphatic rings. The zero-order valence-corrected chi connectivity index (χ0v) is 17.8. The molecule has 1 amide bonds. The molecule has 2 aliphatic heterocycles. The van der Waals surface area contributed by atoms with Crippen molar-refractivity contribution in [3.05, 3.63) is 27.4 Å². The minimum absolute atomic E-state index is 0.0324. The molecule has 0 spiro atoms. The van der Waals surface area contributed by atoms with Crippen molar-refractivity contribution < 1.29 is 13.2 Å². The lowest BCUT2D eigenvalue weighted by Gasteiger charge is -2.37. The van der Waals surface area contributed by atoms with Crippen molar-refractivity contribution in [3.63, 3.8) is 0 Å². The van der Waals surface area contributed by atoms with Gasteiger partial charge < -0.3 is 9.88 Å². The zero-order chi connectivity index (χ0) is 20.6. The predicted octanol–water partition coefficient (Wildman–Crippen LogP) is 1.72. The molecule has 9 heteroatoms. The van der Waals surface area contributed by atoms with E-state index in [2.05, 4.69) is 4.98 Å². The summed E-state index contributed by atoms with van der Waals surface area (Å²) in [7, 11) is -3.33. The molecular weight excluding hydrogens is 392 g/mol. The van der Waals surface area contributed by atoms with E-state index < -0.39 is 10.0 Å². The average molecular weight is 423 g/mol. The fraction of sp³-hybridized carbons (Fsp3) is 0.750. The third kappa shape index (κ3) is 3.99. The molecule has 1 aromatic heterocycles. The number of piperidine rings is 1. The Balaban J connectivity index is 1.64. The van der Waals surface area contributed by atoms with Crippen LogP contribution in [0.2, 0.25) is 0 Å². The van der Waals surface area contributed by atoms with Crippen molar-refractivity contribution in [1.29, 1.82) is 0 Å². The summed E-state index contributed by atoms with van der Waals surface area (Å²) in [6.07, 6.45) is 7.18. The number of amides is 1. The predicted molar refractivity (Wildman–Crippen MR) is 109 cm³/mol. The smallest absolute Gasteiger partial charge is 0.254 e. The average Bonchev–Trinajstić information content (AvgIpc) is 3.27. The van der Waals surface area contributed by atoms with Crippen LogP contribution in [-0.4, -0.2) is 52.3 Å². The standard InChI is InChI=1S/C20H30N4O4S/c1-2-29(27,28)23-12-10-15-16(13-23)21-18(22-19(15)25)17-9-5-6-11-24(17)20(26)14-7-3-4-8-14/h14,17H,2-13H2,1H3,(H,21,22,25)/t17-/m0/s1. The van der Waals surface area contributed by atoms with Gasteiger partial charge in [-0.15, -0.1) is 0 Å². The molecule has 1 aliphatic carbocycles. The minimum atomic E-state index is -3.33. The first-order valence-electron chi connectivity index (χ1n) is 10.8. The van der Waals surface area contributed by atoms with Gasteiger partial charge in [0.2, 0.25) is 15.9 Å². The van der Waals surface area contributed by atoms with E-state index in [-0.39, 0.29) is 35.7 Å². The number of nitrogens with zero attached hydrogens (tertiary/aromatic N) is 3. The monoisotopic (exact) mass is 422 g/mol. The minimum Gasteiger partial charge on any atom is -0.332 e. The molecule has 0 radical (unpaired) electrons. The normalized spacial score (nSPS) is 23.9. The van der Waals surface area contributed by atoms with Crippen molar-refractivity contribution in [2.75, 3.05) is 18.8 Å². The molecule has 2 fully saturated rings. The quantitative estimate of drug-likeness (QED) is 0.796. The SMILES string of the molecule is CCS(=O)(=O)N1CCc2c(nc([C@@H]3CCCCN3C(=O)C3CCCC3)[nH]c2=O)C1. The highest BCUT2D eigenvalue weighted by molar-refractivity contribution is 7.89. The summed E-state index contributed by atoms with van der Waals surface area (Å²) in [5.74, 6) is 0.813. The summed E-state index contributed by atoms with van der Waals surface area (Å²) >= 11 is 0. The fourth-order valence-electron chi connectivity index (χ4n) is 4.90. The number of likely N-dealkylation sites (tertiary alicyclic amines) is 1. The van der Waals surface area contributed by atoms with Crippen LogP contribution in [-0.2, 0) is 27.8 Å². The Morgan fingerprint density at radius 3 is 2.59 bits per heavy atom. The van der Waals surface area contributed by atoms with E-state index >= 15 is 0 Å². The number of H-pyrrole nitrogens is 1. The summed E-state index contributed by atoms with van der Waals surface area (Å²) in [5.41, 5.74) is 0.907. The highest BCUT2D eigenvalue weighted by atomic mass is 32.2. The molecule has 160 valence electrons. The Hall–Kier alpha value is -1.74. The van der Waals surface area contributed by atoms with Crippen molar-refractivity contribution >= 4 is 15.9 Å². The van der Waals surface area contributed by atoms with Gasteiger partial charge in [-0.25, -0.2) is 13.4 Å². The second-order valence-electron chi connectivity index (χ2n) is 8.39. The van der Waals surface area contributed by atoms with Gasteiger partial charge in [-0.05, 0) is 45.4 Å². The number of nitrogens with one attached hydrogen (secondary N) is 1. The van der Waals surface area contributed by atoms with E-state index in [0.717, 1.165) is 44.9 Å². The lowest BCUT2D eigenvalue weighted by atomic mass is 9.97. The van der Waals surface area contributed by atoms with Gasteiger partial charge in [-0.3, -0.25) is 9.59 Å². The van der Waals surface area contributed by atoms with E-state index in [0.29, 0.717) is 36.6 Å². The van der Waals surface area contributed by atoms with E-state index in [4.69, 9.17) is 4.98 Å². The van der Waals surface area contributed by atoms with Crippen LogP contribution in [0.5, 0.6) is 0 Å². The molecule has 1 aromatic rings. The highest BCUT2D eigenvalue weighted by Crippen LogP contribution is 2.34. The van der Waals surface area contributed by atoms with Crippen LogP contribution in [0.1, 0.15) is 75.0 Å². The molecule has 29 heavy (non-hydrogen) atoms. The van der Waals surface area contributed by atoms with Crippen molar-refractivity contribution in [2.45, 2.75) is 70.9 Å². The number of hydrogen-bond donors (Lipinski definition) is 1. The van der Waals surface area contributed by atoms with Crippen LogP contribution < -0.4 is 5.56 Å². The molecule has 0 aromatic carbocycles. The first-order chi connectivity index (χ1) is 13.9. The Morgan fingerprint density at radius 1 is 1.14 bits per heavy atom. The van der Waals surface area contributed by atoms with Gasteiger partial charge >= 0.3 is 0 Å². The molecule has 1 saturated heterocycles.